The van der Waals surface area contributed by atoms with Crippen molar-refractivity contribution in [2.45, 2.75) is 97.0 Å². The summed E-state index contributed by atoms with van der Waals surface area (Å²) in [6.45, 7) is 10.8. The molecule has 56 heavy (non-hydrogen) atoms. The zero-order valence-electron chi connectivity index (χ0n) is 33.6. The number of ether oxygens (including phenoxy) is 1. The van der Waals surface area contributed by atoms with Crippen LogP contribution in [0, 0.1) is 23.2 Å². The molecule has 14 nitrogen and oxygen atoms in total. The van der Waals surface area contributed by atoms with Gasteiger partial charge in [-0.3, -0.25) is 28.8 Å². The molecular formula is C42H56N6O8. The smallest absolute Gasteiger partial charge is 0.408 e. The second-order valence-corrected chi connectivity index (χ2v) is 17.0. The number of carbonyl (C=O) groups excluding carboxylic acids is 7. The minimum Gasteiger partial charge on any atom is -0.444 e. The summed E-state index contributed by atoms with van der Waals surface area (Å²) in [6.07, 6.45) is 0.976. The van der Waals surface area contributed by atoms with Crippen LogP contribution in [-0.4, -0.2) is 102 Å². The second kappa shape index (κ2) is 16.8. The van der Waals surface area contributed by atoms with E-state index < -0.39 is 71.8 Å². The fourth-order valence-electron chi connectivity index (χ4n) is 8.26. The van der Waals surface area contributed by atoms with Gasteiger partial charge < -0.3 is 35.8 Å². The standard InChI is InChI=1S/C42H56N6O8/c1-9-15-29(35(50)37(52)43-22-30(49)45-32(38(53)47(7)8)24-16-11-10-12-17-24)44-36(51)34-31-28(42(31,5)6)23-48(34)39(54)33(46-40(55)56-41(2,3)4)27-20-25-18-13-14-19-26(25)21-27/h10-14,16-19,27-29,31-34H,9,15,20-23H2,1-8H3,(H,43,52)(H,44,51)(H,45,49)(H,46,55)/t28-,29?,31-,32-,33-,34-/m0/s1. The number of alkyl carbamates (subject to hydrolysis) is 1. The van der Waals surface area contributed by atoms with Gasteiger partial charge in [0, 0.05) is 20.6 Å². The lowest BCUT2D eigenvalue weighted by Gasteiger charge is -2.35. The topological polar surface area (TPSA) is 183 Å². The van der Waals surface area contributed by atoms with Crippen molar-refractivity contribution in [1.82, 2.24) is 31.1 Å². The molecule has 2 aliphatic carbocycles. The Morgan fingerprint density at radius 1 is 0.893 bits per heavy atom. The average Bonchev–Trinajstić information content (AvgIpc) is 3.49. The highest BCUT2D eigenvalue weighted by molar-refractivity contribution is 6.38. The molecule has 0 aromatic heterocycles. The summed E-state index contributed by atoms with van der Waals surface area (Å²) in [5.41, 5.74) is 1.68. The molecular weight excluding hydrogens is 716 g/mol. The largest absolute Gasteiger partial charge is 0.444 e. The van der Waals surface area contributed by atoms with Crippen LogP contribution >= 0.6 is 0 Å². The normalized spacial score (nSPS) is 21.0. The van der Waals surface area contributed by atoms with E-state index in [-0.39, 0.29) is 35.5 Å². The van der Waals surface area contributed by atoms with E-state index in [9.17, 15) is 33.6 Å². The number of piperidine rings is 1. The van der Waals surface area contributed by atoms with Crippen LogP contribution in [-0.2, 0) is 46.3 Å². The quantitative estimate of drug-likeness (QED) is 0.212. The third-order valence-corrected chi connectivity index (χ3v) is 11.2. The Hall–Kier alpha value is -5.27. The Bertz CT molecular complexity index is 1810. The number of rotatable bonds is 14. The van der Waals surface area contributed by atoms with Crippen molar-refractivity contribution in [3.8, 4) is 0 Å². The number of nitrogens with zero attached hydrogens (tertiary/aromatic N) is 2. The summed E-state index contributed by atoms with van der Waals surface area (Å²) in [4.78, 5) is 97.4. The van der Waals surface area contributed by atoms with E-state index in [4.69, 9.17) is 4.74 Å². The number of hydrogen-bond donors (Lipinski definition) is 4. The van der Waals surface area contributed by atoms with Gasteiger partial charge in [-0.2, -0.15) is 0 Å². The highest BCUT2D eigenvalue weighted by atomic mass is 16.6. The summed E-state index contributed by atoms with van der Waals surface area (Å²) in [6, 6.07) is 12.4. The van der Waals surface area contributed by atoms with Gasteiger partial charge in [-0.1, -0.05) is 81.8 Å². The number of nitrogens with one attached hydrogen (secondary N) is 4. The molecule has 6 atom stereocenters. The van der Waals surface area contributed by atoms with Gasteiger partial charge in [0.2, 0.25) is 29.4 Å². The number of amides is 6. The lowest BCUT2D eigenvalue weighted by molar-refractivity contribution is -0.145. The van der Waals surface area contributed by atoms with Gasteiger partial charge in [-0.25, -0.2) is 4.79 Å². The van der Waals surface area contributed by atoms with Crippen LogP contribution in [0.1, 0.15) is 77.1 Å². The summed E-state index contributed by atoms with van der Waals surface area (Å²) in [5.74, 6) is -4.49. The molecule has 0 radical (unpaired) electrons. The molecule has 5 rings (SSSR count). The summed E-state index contributed by atoms with van der Waals surface area (Å²) in [7, 11) is 3.12. The number of carbonyl (C=O) groups is 7. The third-order valence-electron chi connectivity index (χ3n) is 11.2. The number of ketones is 1. The van der Waals surface area contributed by atoms with Crippen LogP contribution in [0.3, 0.4) is 0 Å². The van der Waals surface area contributed by atoms with Crippen molar-refractivity contribution in [3.05, 3.63) is 71.3 Å². The van der Waals surface area contributed by atoms with E-state index in [2.05, 4.69) is 21.3 Å². The highest BCUT2D eigenvalue weighted by Crippen LogP contribution is 2.65. The van der Waals surface area contributed by atoms with Crippen LogP contribution in [0.15, 0.2) is 54.6 Å². The molecule has 1 saturated heterocycles. The lowest BCUT2D eigenvalue weighted by Crippen LogP contribution is -2.60. The molecule has 2 fully saturated rings. The van der Waals surface area contributed by atoms with Gasteiger partial charge >= 0.3 is 6.09 Å². The molecule has 6 amide bonds. The Morgan fingerprint density at radius 3 is 2.07 bits per heavy atom. The lowest BCUT2D eigenvalue weighted by atomic mass is 9.93. The third kappa shape index (κ3) is 9.39. The number of fused-ring (bicyclic) bond motifs is 2. The number of Topliss-reactive ketones (excluding diaryl/α,β-unsaturated/α-hetero) is 1. The zero-order valence-corrected chi connectivity index (χ0v) is 33.6. The molecule has 1 saturated carbocycles. The zero-order chi connectivity index (χ0) is 41.1. The first-order chi connectivity index (χ1) is 26.3. The van der Waals surface area contributed by atoms with Gasteiger partial charge in [0.05, 0.1) is 12.6 Å². The highest BCUT2D eigenvalue weighted by Gasteiger charge is 2.70. The first-order valence-electron chi connectivity index (χ1n) is 19.4. The van der Waals surface area contributed by atoms with E-state index >= 15 is 0 Å². The van der Waals surface area contributed by atoms with E-state index in [0.29, 0.717) is 31.4 Å². The number of hydrogen-bond acceptors (Lipinski definition) is 8. The number of likely N-dealkylation sites (tertiary alicyclic amines) is 1. The molecule has 1 heterocycles. The molecule has 4 N–H and O–H groups in total. The summed E-state index contributed by atoms with van der Waals surface area (Å²) < 4.78 is 5.56. The number of benzene rings is 2. The van der Waals surface area contributed by atoms with Gasteiger partial charge in [0.25, 0.3) is 5.91 Å². The predicted molar refractivity (Wildman–Crippen MR) is 208 cm³/mol. The molecule has 302 valence electrons. The first kappa shape index (κ1) is 41.9. The molecule has 0 spiro atoms. The SMILES string of the molecule is CCCC(NC(=O)[C@@H]1[C@@H]2[C@H](CN1C(=O)[C@@H](NC(=O)OC(C)(C)C)C1Cc3ccccc3C1)C2(C)C)C(=O)C(=O)NCC(=O)N[C@H](C(=O)N(C)C)c1ccccc1. The van der Waals surface area contributed by atoms with E-state index in [1.54, 1.807) is 72.1 Å². The van der Waals surface area contributed by atoms with Gasteiger partial charge in [-0.15, -0.1) is 0 Å². The minimum absolute atomic E-state index is 0.0198. The monoisotopic (exact) mass is 772 g/mol. The van der Waals surface area contributed by atoms with Gasteiger partial charge in [-0.05, 0) is 79.9 Å². The van der Waals surface area contributed by atoms with Crippen LogP contribution in [0.5, 0.6) is 0 Å². The maximum Gasteiger partial charge on any atom is 0.408 e. The van der Waals surface area contributed by atoms with Crippen LogP contribution in [0.25, 0.3) is 0 Å². The van der Waals surface area contributed by atoms with Crippen LogP contribution in [0.4, 0.5) is 4.79 Å². The number of likely N-dealkylation sites (N-methyl/N-ethyl adjacent to an activating group) is 1. The average molecular weight is 773 g/mol. The van der Waals surface area contributed by atoms with Gasteiger partial charge in [0.1, 0.15) is 23.7 Å². The fourth-order valence-corrected chi connectivity index (χ4v) is 8.26. The molecule has 2 aromatic rings. The summed E-state index contributed by atoms with van der Waals surface area (Å²) in [5, 5.41) is 10.6. The van der Waals surface area contributed by atoms with E-state index in [1.807, 2.05) is 38.1 Å². The molecule has 14 heteroatoms. The molecule has 1 unspecified atom stereocenters. The first-order valence-corrected chi connectivity index (χ1v) is 19.4. The van der Waals surface area contributed by atoms with Crippen molar-refractivity contribution in [2.24, 2.45) is 23.2 Å². The maximum absolute atomic E-state index is 14.6. The van der Waals surface area contributed by atoms with Crippen molar-refractivity contribution in [3.63, 3.8) is 0 Å². The Kier molecular flexibility index (Phi) is 12.6. The maximum atomic E-state index is 14.6. The Labute approximate surface area is 328 Å². The van der Waals surface area contributed by atoms with Crippen molar-refractivity contribution < 1.29 is 38.3 Å². The van der Waals surface area contributed by atoms with Crippen molar-refractivity contribution >= 4 is 41.4 Å². The van der Waals surface area contributed by atoms with Crippen molar-refractivity contribution in [2.75, 3.05) is 27.2 Å². The van der Waals surface area contributed by atoms with Crippen LogP contribution in [0.2, 0.25) is 0 Å². The molecule has 2 aromatic carbocycles. The van der Waals surface area contributed by atoms with E-state index in [1.165, 1.54) is 9.80 Å². The van der Waals surface area contributed by atoms with E-state index in [0.717, 1.165) is 11.1 Å². The molecule has 3 aliphatic rings. The summed E-state index contributed by atoms with van der Waals surface area (Å²) >= 11 is 0. The molecule has 0 bridgehead atoms. The predicted octanol–water partition coefficient (Wildman–Crippen LogP) is 2.69. The van der Waals surface area contributed by atoms with Crippen LogP contribution < -0.4 is 21.3 Å². The van der Waals surface area contributed by atoms with Crippen molar-refractivity contribution in [1.29, 1.82) is 0 Å². The van der Waals surface area contributed by atoms with Gasteiger partial charge in [0.15, 0.2) is 0 Å². The molecule has 1 aliphatic heterocycles. The minimum atomic E-state index is -1.22. The fraction of sp³-hybridized carbons (Fsp3) is 0.548. The Balaban J connectivity index is 1.29. The Morgan fingerprint density at radius 2 is 1.50 bits per heavy atom. The second-order valence-electron chi connectivity index (χ2n) is 17.0.